The van der Waals surface area contributed by atoms with E-state index >= 15 is 0 Å². The normalized spacial score (nSPS) is 11.2. The van der Waals surface area contributed by atoms with E-state index in [1.807, 2.05) is 32.0 Å². The van der Waals surface area contributed by atoms with Crippen molar-refractivity contribution in [3.8, 4) is 28.2 Å². The second kappa shape index (κ2) is 8.44. The molecule has 0 N–H and O–H groups in total. The van der Waals surface area contributed by atoms with Gasteiger partial charge in [-0.2, -0.15) is 0 Å². The first kappa shape index (κ1) is 21.7. The summed E-state index contributed by atoms with van der Waals surface area (Å²) in [6, 6.07) is 29.4. The van der Waals surface area contributed by atoms with E-state index in [0.29, 0.717) is 28.7 Å². The molecule has 36 heavy (non-hydrogen) atoms. The Labute approximate surface area is 209 Å². The number of rotatable bonds is 3. The van der Waals surface area contributed by atoms with Crippen molar-refractivity contribution >= 4 is 27.5 Å². The van der Waals surface area contributed by atoms with Crippen molar-refractivity contribution in [2.24, 2.45) is 0 Å². The van der Waals surface area contributed by atoms with Crippen LogP contribution >= 0.6 is 0 Å². The Morgan fingerprint density at radius 2 is 1.39 bits per heavy atom. The second-order valence-corrected chi connectivity index (χ2v) is 8.97. The zero-order chi connectivity index (χ0) is 24.8. The average molecular weight is 466 g/mol. The van der Waals surface area contributed by atoms with Crippen molar-refractivity contribution in [1.82, 2.24) is 19.5 Å². The smallest absolute Gasteiger partial charge is 0.200 e. The molecule has 4 aromatic carbocycles. The molecular weight excluding hydrogens is 442 g/mol. The molecule has 0 saturated carbocycles. The van der Waals surface area contributed by atoms with E-state index in [4.69, 9.17) is 6.57 Å². The highest BCUT2D eigenvalue weighted by Gasteiger charge is 2.16. The zero-order valence-electron chi connectivity index (χ0n) is 20.3. The summed E-state index contributed by atoms with van der Waals surface area (Å²) in [4.78, 5) is 17.1. The third-order valence-corrected chi connectivity index (χ3v) is 6.59. The molecule has 5 heteroatoms. The molecule has 2 heterocycles. The molecule has 172 valence electrons. The highest BCUT2D eigenvalue weighted by atomic mass is 15.0. The fourth-order valence-electron chi connectivity index (χ4n) is 4.99. The quantitative estimate of drug-likeness (QED) is 0.251. The second-order valence-electron chi connectivity index (χ2n) is 8.97. The molecule has 6 rings (SSSR count). The molecule has 0 aliphatic rings. The van der Waals surface area contributed by atoms with Crippen LogP contribution in [-0.2, 0) is 0 Å². The van der Waals surface area contributed by atoms with Gasteiger partial charge in [-0.1, -0.05) is 60.7 Å². The summed E-state index contributed by atoms with van der Waals surface area (Å²) < 4.78 is 2.24. The van der Waals surface area contributed by atoms with Crippen LogP contribution in [0.1, 0.15) is 17.2 Å². The van der Waals surface area contributed by atoms with Crippen LogP contribution in [-0.4, -0.2) is 19.5 Å². The van der Waals surface area contributed by atoms with Gasteiger partial charge in [-0.15, -0.1) is 0 Å². The molecule has 5 nitrogen and oxygen atoms in total. The molecule has 0 spiro atoms. The van der Waals surface area contributed by atoms with Crippen LogP contribution in [0.5, 0.6) is 0 Å². The Kier molecular flexibility index (Phi) is 5.09. The highest BCUT2D eigenvalue weighted by molar-refractivity contribution is 6.10. The number of fused-ring (bicyclic) bond motifs is 3. The first-order valence-electron chi connectivity index (χ1n) is 11.8. The van der Waals surface area contributed by atoms with Crippen LogP contribution in [0.15, 0.2) is 84.9 Å². The monoisotopic (exact) mass is 465 g/mol. The van der Waals surface area contributed by atoms with Crippen LogP contribution in [0.4, 0.5) is 5.69 Å². The molecule has 0 saturated heterocycles. The lowest BCUT2D eigenvalue weighted by Crippen LogP contribution is -2.00. The van der Waals surface area contributed by atoms with E-state index in [0.717, 1.165) is 16.7 Å². The van der Waals surface area contributed by atoms with Crippen molar-refractivity contribution in [2.75, 3.05) is 0 Å². The molecule has 0 aliphatic heterocycles. The summed E-state index contributed by atoms with van der Waals surface area (Å²) in [6.45, 7) is 13.7. The van der Waals surface area contributed by atoms with Crippen LogP contribution in [0.25, 0.3) is 54.9 Å². The van der Waals surface area contributed by atoms with E-state index in [1.54, 1.807) is 0 Å². The molecule has 0 amide bonds. The van der Waals surface area contributed by atoms with Crippen molar-refractivity contribution in [3.63, 3.8) is 0 Å². The fourth-order valence-corrected chi connectivity index (χ4v) is 4.99. The van der Waals surface area contributed by atoms with Gasteiger partial charge in [0.1, 0.15) is 11.6 Å². The topological polar surface area (TPSA) is 48.0 Å². The number of benzene rings is 4. The van der Waals surface area contributed by atoms with Gasteiger partial charge in [-0.25, -0.2) is 19.8 Å². The lowest BCUT2D eigenvalue weighted by atomic mass is 9.99. The Morgan fingerprint density at radius 3 is 2.17 bits per heavy atom. The maximum absolute atomic E-state index is 7.90. The minimum atomic E-state index is 0.512. The number of nitrogens with zero attached hydrogens (tertiary/aromatic N) is 5. The Hall–Kier alpha value is -4.82. The summed E-state index contributed by atoms with van der Waals surface area (Å²) in [6.07, 6.45) is 0. The molecule has 2 aromatic heterocycles. The van der Waals surface area contributed by atoms with Gasteiger partial charge in [-0.3, -0.25) is 0 Å². The molecule has 0 unspecified atom stereocenters. The first-order valence-corrected chi connectivity index (χ1v) is 11.8. The summed E-state index contributed by atoms with van der Waals surface area (Å²) >= 11 is 0. The summed E-state index contributed by atoms with van der Waals surface area (Å²) in [5, 5.41) is 2.36. The number of aryl methyl sites for hydroxylation is 3. The minimum absolute atomic E-state index is 0.512. The minimum Gasteiger partial charge on any atom is -0.310 e. The molecule has 0 fully saturated rings. The Bertz CT molecular complexity index is 1820. The molecule has 6 aromatic rings. The first-order chi connectivity index (χ1) is 17.5. The van der Waals surface area contributed by atoms with Crippen molar-refractivity contribution in [2.45, 2.75) is 20.8 Å². The maximum Gasteiger partial charge on any atom is 0.200 e. The van der Waals surface area contributed by atoms with Gasteiger partial charge in [0.2, 0.25) is 0 Å². The maximum atomic E-state index is 7.90. The summed E-state index contributed by atoms with van der Waals surface area (Å²) in [7, 11) is 0. The van der Waals surface area contributed by atoms with Gasteiger partial charge in [0, 0.05) is 22.0 Å². The van der Waals surface area contributed by atoms with E-state index < -0.39 is 0 Å². The zero-order valence-corrected chi connectivity index (χ0v) is 20.3. The fraction of sp³-hybridized carbons (Fsp3) is 0.0968. The third-order valence-electron chi connectivity index (χ3n) is 6.59. The third kappa shape index (κ3) is 3.52. The van der Waals surface area contributed by atoms with E-state index in [9.17, 15) is 0 Å². The van der Waals surface area contributed by atoms with Crippen LogP contribution in [0, 0.1) is 27.3 Å². The lowest BCUT2D eigenvalue weighted by Gasteiger charge is -2.12. The van der Waals surface area contributed by atoms with Crippen LogP contribution < -0.4 is 0 Å². The van der Waals surface area contributed by atoms with E-state index in [2.05, 4.69) is 98.0 Å². The molecule has 0 aliphatic carbocycles. The number of hydrogen-bond acceptors (Lipinski definition) is 3. The van der Waals surface area contributed by atoms with Gasteiger partial charge < -0.3 is 4.57 Å². The lowest BCUT2D eigenvalue weighted by molar-refractivity contribution is 0.929. The number of para-hydroxylation sites is 1. The van der Waals surface area contributed by atoms with Crippen molar-refractivity contribution in [3.05, 3.63) is 114 Å². The molecule has 0 atom stereocenters. The molecule has 0 radical (unpaired) electrons. The largest absolute Gasteiger partial charge is 0.310 e. The molecule has 0 bridgehead atoms. The average Bonchev–Trinajstić information content (AvgIpc) is 3.21. The van der Waals surface area contributed by atoms with Crippen molar-refractivity contribution < 1.29 is 0 Å². The standard InChI is InChI=1S/C31H23N5/c1-19-9-5-6-10-24(19)22-13-15-26-25-11-7-8-12-29(25)36(30(26)17-22)23-14-16-27(28(18-23)32-4)31-34-20(2)33-21(3)35-31/h5-18H,1-3H3. The van der Waals surface area contributed by atoms with Crippen LogP contribution in [0.2, 0.25) is 0 Å². The predicted octanol–water partition coefficient (Wildman–Crippen LogP) is 7.78. The van der Waals surface area contributed by atoms with Gasteiger partial charge >= 0.3 is 0 Å². The number of aromatic nitrogens is 4. The molecular formula is C31H23N5. The van der Waals surface area contributed by atoms with E-state index in [-0.39, 0.29) is 0 Å². The van der Waals surface area contributed by atoms with Crippen LogP contribution in [0.3, 0.4) is 0 Å². The SMILES string of the molecule is [C-]#[N+]c1cc(-n2c3ccccc3c3ccc(-c4ccccc4C)cc32)ccc1-c1nc(C)nc(C)n1. The Balaban J connectivity index is 1.61. The van der Waals surface area contributed by atoms with Gasteiger partial charge in [0.05, 0.1) is 17.6 Å². The van der Waals surface area contributed by atoms with Gasteiger partial charge in [0.15, 0.2) is 11.5 Å². The predicted molar refractivity (Wildman–Crippen MR) is 146 cm³/mol. The van der Waals surface area contributed by atoms with Crippen molar-refractivity contribution in [1.29, 1.82) is 0 Å². The summed E-state index contributed by atoms with van der Waals surface area (Å²) in [5.41, 5.74) is 7.99. The summed E-state index contributed by atoms with van der Waals surface area (Å²) in [5.74, 6) is 1.81. The highest BCUT2D eigenvalue weighted by Crippen LogP contribution is 2.37. The Morgan fingerprint density at radius 1 is 0.667 bits per heavy atom. The van der Waals surface area contributed by atoms with Gasteiger partial charge in [-0.05, 0) is 61.7 Å². The van der Waals surface area contributed by atoms with Gasteiger partial charge in [0.25, 0.3) is 0 Å². The van der Waals surface area contributed by atoms with E-state index in [1.165, 1.54) is 27.5 Å². The number of hydrogen-bond donors (Lipinski definition) is 0.